The summed E-state index contributed by atoms with van der Waals surface area (Å²) in [5, 5.41) is 0. The van der Waals surface area contributed by atoms with Gasteiger partial charge in [-0.2, -0.15) is 17.6 Å². The number of alkyl halides is 8. The smallest absolute Gasteiger partial charge is 0.375 e. The van der Waals surface area contributed by atoms with Gasteiger partial charge in [-0.25, -0.2) is 17.6 Å². The van der Waals surface area contributed by atoms with Crippen LogP contribution in [0.25, 0.3) is 12.2 Å². The second-order valence-corrected chi connectivity index (χ2v) is 7.91. The number of carbonyl (C=O) groups excluding carboxylic acids is 1. The summed E-state index contributed by atoms with van der Waals surface area (Å²) >= 11 is 0. The van der Waals surface area contributed by atoms with Crippen molar-refractivity contribution >= 4 is 17.9 Å². The van der Waals surface area contributed by atoms with Crippen LogP contribution in [-0.4, -0.2) is 42.1 Å². The van der Waals surface area contributed by atoms with Gasteiger partial charge in [-0.1, -0.05) is 36.4 Å². The molecule has 1 saturated heterocycles. The fourth-order valence-corrected chi connectivity index (χ4v) is 4.15. The molecule has 0 aliphatic carbocycles. The lowest BCUT2D eigenvalue weighted by Crippen LogP contribution is -2.74. The van der Waals surface area contributed by atoms with E-state index in [0.29, 0.717) is 12.2 Å². The van der Waals surface area contributed by atoms with Gasteiger partial charge in [0, 0.05) is 11.1 Å². The van der Waals surface area contributed by atoms with E-state index in [1.807, 2.05) is 0 Å². The van der Waals surface area contributed by atoms with Crippen LogP contribution in [0.2, 0.25) is 0 Å². The Morgan fingerprint density at radius 2 is 1.03 bits per heavy atom. The standard InChI is InChI=1S/C23H12F8O4/c24-18(25)20(28,29)22-13(9-11-5-1-3-7-15(11)33-22)17(32)14-10-12-6-2-4-8-16(12)34-23(14,35-22)21(30,31)19(26)27/h1-10,18-19H/t22-,23+. The van der Waals surface area contributed by atoms with Crippen molar-refractivity contribution in [2.45, 2.75) is 36.3 Å². The lowest BCUT2D eigenvalue weighted by atomic mass is 9.78. The first-order valence-electron chi connectivity index (χ1n) is 9.94. The van der Waals surface area contributed by atoms with Gasteiger partial charge in [-0.15, -0.1) is 0 Å². The Morgan fingerprint density at radius 1 is 0.657 bits per heavy atom. The summed E-state index contributed by atoms with van der Waals surface area (Å²) in [6, 6.07) is 9.91. The topological polar surface area (TPSA) is 44.8 Å². The highest BCUT2D eigenvalue weighted by Gasteiger charge is 2.80. The van der Waals surface area contributed by atoms with E-state index in [4.69, 9.17) is 14.2 Å². The molecule has 4 nitrogen and oxygen atoms in total. The van der Waals surface area contributed by atoms with Crippen LogP contribution >= 0.6 is 0 Å². The van der Waals surface area contributed by atoms with E-state index < -0.39 is 64.7 Å². The van der Waals surface area contributed by atoms with E-state index in [-0.39, 0.29) is 11.1 Å². The molecule has 0 radical (unpaired) electrons. The first-order valence-corrected chi connectivity index (χ1v) is 9.94. The Morgan fingerprint density at radius 3 is 1.40 bits per heavy atom. The predicted octanol–water partition coefficient (Wildman–Crippen LogP) is 5.73. The molecule has 3 heterocycles. The highest BCUT2D eigenvalue weighted by Crippen LogP contribution is 2.59. The average molecular weight is 504 g/mol. The van der Waals surface area contributed by atoms with Gasteiger partial charge in [-0.05, 0) is 24.3 Å². The summed E-state index contributed by atoms with van der Waals surface area (Å²) in [7, 11) is 0. The second-order valence-electron chi connectivity index (χ2n) is 7.91. The quantitative estimate of drug-likeness (QED) is 0.499. The largest absolute Gasteiger partial charge is 0.451 e. The molecule has 0 amide bonds. The third kappa shape index (κ3) is 2.92. The molecular weight excluding hydrogens is 492 g/mol. The van der Waals surface area contributed by atoms with Crippen molar-refractivity contribution in [2.75, 3.05) is 0 Å². The minimum atomic E-state index is -5.47. The monoisotopic (exact) mass is 504 g/mol. The predicted molar refractivity (Wildman–Crippen MR) is 104 cm³/mol. The number of fused-ring (bicyclic) bond motifs is 4. The van der Waals surface area contributed by atoms with Crippen molar-refractivity contribution in [1.82, 2.24) is 0 Å². The third-order valence-corrected chi connectivity index (χ3v) is 5.86. The number of carbonyl (C=O) groups is 1. The lowest BCUT2D eigenvalue weighted by molar-refractivity contribution is -0.417. The number of hydrogen-bond acceptors (Lipinski definition) is 4. The van der Waals surface area contributed by atoms with Crippen LogP contribution in [0.1, 0.15) is 11.1 Å². The maximum absolute atomic E-state index is 15.1. The van der Waals surface area contributed by atoms with Gasteiger partial charge in [0.15, 0.2) is 5.78 Å². The summed E-state index contributed by atoms with van der Waals surface area (Å²) in [4.78, 5) is 13.4. The number of halogens is 8. The third-order valence-electron chi connectivity index (χ3n) is 5.86. The molecule has 35 heavy (non-hydrogen) atoms. The molecule has 0 bridgehead atoms. The molecule has 0 saturated carbocycles. The number of para-hydroxylation sites is 2. The minimum Gasteiger partial charge on any atom is -0.451 e. The van der Waals surface area contributed by atoms with Gasteiger partial charge >= 0.3 is 36.3 Å². The van der Waals surface area contributed by atoms with Gasteiger partial charge in [0.2, 0.25) is 0 Å². The van der Waals surface area contributed by atoms with Crippen molar-refractivity contribution < 1.29 is 54.1 Å². The van der Waals surface area contributed by atoms with Crippen LogP contribution in [0.4, 0.5) is 35.1 Å². The normalized spacial score (nSPS) is 25.5. The molecule has 1 fully saturated rings. The first-order chi connectivity index (χ1) is 16.4. The van der Waals surface area contributed by atoms with E-state index >= 15 is 17.6 Å². The molecule has 3 aliphatic rings. The van der Waals surface area contributed by atoms with E-state index in [0.717, 1.165) is 12.1 Å². The minimum absolute atomic E-state index is 0.0361. The molecule has 12 heteroatoms. The molecule has 0 N–H and O–H groups in total. The van der Waals surface area contributed by atoms with Crippen LogP contribution in [-0.2, 0) is 9.53 Å². The summed E-state index contributed by atoms with van der Waals surface area (Å²) in [5.74, 6) is -22.2. The van der Waals surface area contributed by atoms with E-state index in [2.05, 4.69) is 0 Å². The van der Waals surface area contributed by atoms with Gasteiger partial charge in [0.25, 0.3) is 0 Å². The summed E-state index contributed by atoms with van der Waals surface area (Å²) in [6.45, 7) is 0. The first kappa shape index (κ1) is 23.3. The highest BCUT2D eigenvalue weighted by atomic mass is 19.3. The second kappa shape index (κ2) is 7.30. The van der Waals surface area contributed by atoms with Crippen molar-refractivity contribution in [2.24, 2.45) is 0 Å². The molecule has 2 atom stereocenters. The summed E-state index contributed by atoms with van der Waals surface area (Å²) in [5.41, 5.74) is -2.63. The Kier molecular flexibility index (Phi) is 4.86. The van der Waals surface area contributed by atoms with Crippen molar-refractivity contribution in [3.63, 3.8) is 0 Å². The van der Waals surface area contributed by atoms with Crippen LogP contribution in [0.15, 0.2) is 59.7 Å². The molecule has 3 aliphatic heterocycles. The Bertz CT molecular complexity index is 1190. The van der Waals surface area contributed by atoms with E-state index in [1.54, 1.807) is 0 Å². The summed E-state index contributed by atoms with van der Waals surface area (Å²) < 4.78 is 130. The van der Waals surface area contributed by atoms with Gasteiger partial charge in [0.05, 0.1) is 11.1 Å². The van der Waals surface area contributed by atoms with Crippen molar-refractivity contribution in [3.8, 4) is 11.5 Å². The van der Waals surface area contributed by atoms with Gasteiger partial charge < -0.3 is 9.47 Å². The highest BCUT2D eigenvalue weighted by molar-refractivity contribution is 6.17. The molecule has 2 aromatic rings. The van der Waals surface area contributed by atoms with E-state index in [1.165, 1.54) is 36.4 Å². The number of hydrogen-bond donors (Lipinski definition) is 0. The van der Waals surface area contributed by atoms with Crippen molar-refractivity contribution in [1.29, 1.82) is 0 Å². The average Bonchev–Trinajstić information content (AvgIpc) is 2.81. The van der Waals surface area contributed by atoms with Crippen LogP contribution in [0, 0.1) is 0 Å². The zero-order valence-corrected chi connectivity index (χ0v) is 17.1. The fraction of sp³-hybridized carbons (Fsp3) is 0.261. The van der Waals surface area contributed by atoms with Crippen LogP contribution in [0.5, 0.6) is 11.5 Å². The lowest BCUT2D eigenvalue weighted by Gasteiger charge is -2.53. The van der Waals surface area contributed by atoms with Gasteiger partial charge in [-0.3, -0.25) is 9.53 Å². The van der Waals surface area contributed by atoms with E-state index in [9.17, 15) is 22.4 Å². The maximum atomic E-state index is 15.1. The SMILES string of the molecule is O=C1C2=Cc3ccccc3O[C@]2(C(F)(F)C(F)F)O[C@]2(C(F)(F)C(F)F)Oc3ccccc3C=C12. The maximum Gasteiger partial charge on any atom is 0.375 e. The number of ether oxygens (including phenoxy) is 3. The Labute approximate surface area is 191 Å². The molecule has 0 aromatic heterocycles. The van der Waals surface area contributed by atoms with Crippen molar-refractivity contribution in [3.05, 3.63) is 70.8 Å². The molecule has 2 aromatic carbocycles. The van der Waals surface area contributed by atoms with Crippen LogP contribution < -0.4 is 9.47 Å². The molecule has 0 unspecified atom stereocenters. The number of rotatable bonds is 4. The van der Waals surface area contributed by atoms with Crippen LogP contribution in [0.3, 0.4) is 0 Å². The fourth-order valence-electron chi connectivity index (χ4n) is 4.15. The number of benzene rings is 2. The molecular formula is C23H12F8O4. The number of Topliss-reactive ketones (excluding diaryl/α,β-unsaturated/α-hetero) is 1. The zero-order valence-electron chi connectivity index (χ0n) is 17.1. The molecule has 5 rings (SSSR count). The zero-order chi connectivity index (χ0) is 25.4. The summed E-state index contributed by atoms with van der Waals surface area (Å²) in [6.07, 6.45) is -7.82. The van der Waals surface area contributed by atoms with Gasteiger partial charge in [0.1, 0.15) is 11.5 Å². The number of ketones is 1. The Balaban J connectivity index is 1.85. The molecule has 184 valence electrons. The molecule has 0 spiro atoms. The Hall–Kier alpha value is -3.41.